The molecular formula is C104H81BrN12O18. The molecule has 6 aromatic heterocycles. The van der Waals surface area contributed by atoms with Gasteiger partial charge in [-0.15, -0.1) is 0 Å². The van der Waals surface area contributed by atoms with Gasteiger partial charge in [0.2, 0.25) is 23.6 Å². The number of aromatic amines is 2. The summed E-state index contributed by atoms with van der Waals surface area (Å²) in [5, 5.41) is 20.7. The summed E-state index contributed by atoms with van der Waals surface area (Å²) in [6.07, 6.45) is 14.0. The molecule has 12 atom stereocenters. The number of nitrogens with one attached hydrogen (secondary N) is 6. The lowest BCUT2D eigenvalue weighted by atomic mass is 10.1. The van der Waals surface area contributed by atoms with Crippen molar-refractivity contribution in [2.24, 2.45) is 11.8 Å². The Bertz CT molecular complexity index is 6890. The fourth-order valence-electron chi connectivity index (χ4n) is 18.9. The Kier molecular flexibility index (Phi) is 22.2. The van der Waals surface area contributed by atoms with Crippen molar-refractivity contribution in [1.29, 1.82) is 0 Å². The van der Waals surface area contributed by atoms with Gasteiger partial charge in [-0.3, -0.25) is 38.4 Å². The van der Waals surface area contributed by atoms with Crippen molar-refractivity contribution in [3.05, 3.63) is 323 Å². The zero-order valence-electron chi connectivity index (χ0n) is 71.7. The Labute approximate surface area is 778 Å². The van der Waals surface area contributed by atoms with Crippen LogP contribution in [0.2, 0.25) is 0 Å². The van der Waals surface area contributed by atoms with Crippen molar-refractivity contribution in [1.82, 2.24) is 39.9 Å². The molecule has 4 amide bonds. The molecule has 0 radical (unpaired) electrons. The van der Waals surface area contributed by atoms with Gasteiger partial charge < -0.3 is 79.0 Å². The lowest BCUT2D eigenvalue weighted by molar-refractivity contribution is -0.145. The van der Waals surface area contributed by atoms with Crippen LogP contribution in [0.25, 0.3) is 22.5 Å². The second-order valence-corrected chi connectivity index (χ2v) is 34.8. The number of carboxylic acid groups (broad SMARTS) is 1. The first-order valence-corrected chi connectivity index (χ1v) is 45.5. The lowest BCUT2D eigenvalue weighted by Gasteiger charge is -2.19. The van der Waals surface area contributed by atoms with E-state index in [1.165, 1.54) is 0 Å². The third-order valence-electron chi connectivity index (χ3n) is 25.8. The molecule has 0 bridgehead atoms. The highest BCUT2D eigenvalue weighted by atomic mass is 79.9. The number of halogens is 1. The molecule has 0 spiro atoms. The Morgan fingerprint density at radius 2 is 0.674 bits per heavy atom. The number of benzene rings is 8. The number of pyridine rings is 4. The molecule has 672 valence electrons. The van der Waals surface area contributed by atoms with Crippen LogP contribution < -0.4 is 59.2 Å². The number of aromatic nitrogens is 8. The smallest absolute Gasteiger partial charge is 0.313 e. The van der Waals surface area contributed by atoms with Gasteiger partial charge in [0.1, 0.15) is 140 Å². The Morgan fingerprint density at radius 3 is 1.02 bits per heavy atom. The molecule has 8 aromatic carbocycles. The van der Waals surface area contributed by atoms with E-state index in [2.05, 4.69) is 113 Å². The molecule has 14 aromatic rings. The summed E-state index contributed by atoms with van der Waals surface area (Å²) in [6, 6.07) is 68.5. The summed E-state index contributed by atoms with van der Waals surface area (Å²) >= 11 is 3.10. The van der Waals surface area contributed by atoms with Gasteiger partial charge in [-0.05, 0) is 134 Å². The van der Waals surface area contributed by atoms with Crippen LogP contribution in [0.3, 0.4) is 0 Å². The van der Waals surface area contributed by atoms with Gasteiger partial charge in [-0.1, -0.05) is 137 Å². The summed E-state index contributed by atoms with van der Waals surface area (Å²) in [4.78, 5) is 127. The van der Waals surface area contributed by atoms with Crippen LogP contribution in [0.1, 0.15) is 138 Å². The minimum Gasteiger partial charge on any atom is -0.489 e. The van der Waals surface area contributed by atoms with Crippen molar-refractivity contribution in [2.45, 2.75) is 111 Å². The number of imidazole rings is 2. The summed E-state index contributed by atoms with van der Waals surface area (Å²) in [7, 11) is 0. The molecule has 14 heterocycles. The SMILES string of the molecule is O=C(CBr)c1ccccc1.O=C1CCc2c(Oc3ccc4c(c3)C3C(O4)C3C(=O)O)ccnc2N1.O=C1CCc2c(Oc3ccc4c(c3)C3C(O4)C3C(=O)OCC(=O)c3ccccc3)ccnc2N1.O=C1CCc2c(Oc3ccc4c(c3)C3C(O4)C3c3ncc(-c4ccccc4)[nH]3)ccnc2N1.O=C1CCc2c(Oc3ccc4c(c3)C3C(O4)C3c3ncc(-c4ccccc4)[nH]3)ccnc2N1. The largest absolute Gasteiger partial charge is 0.489 e. The predicted octanol–water partition coefficient (Wildman–Crippen LogP) is 17.8. The number of carbonyl (C=O) groups excluding carboxylic acids is 7. The topological polar surface area (TPSA) is 397 Å². The first-order valence-electron chi connectivity index (χ1n) is 44.4. The van der Waals surface area contributed by atoms with Crippen molar-refractivity contribution < 1.29 is 86.1 Å². The standard InChI is InChI=1S/2C26H20N4O3.C26H20N2O6.C18H14N2O5.C8H7BrO/c2*31-21-9-7-16-20(10-11-27-25(16)30-21)32-15-6-8-19-17(12-15)22-23(24(22)33-19)26-28-13-18(29-26)14-4-2-1-3-5-14;29-18(14-4-2-1-3-5-14)13-32-26(31)23-22-17-12-15(6-8-19(17)34-24(22)23)33-20-10-11-27-25-16(20)7-9-21(30)28-25;21-13-4-2-9-12(5-6-19-17(9)20-13)24-8-1-3-11-10(7-8)14-15(18(22)23)16(14)25-11;9-6-8(10)7-4-2-1-3-5-7/h2*1-6,8,10-13,22-24H,7,9H2,(H,28,29)(H,27,30,31);1-6,8,10-12,22-24H,7,9,13H2,(H,27,28,30);1,3,5-7,14-16H,2,4H2,(H,22,23)(H,19,20,21);1-5H,6H2. The molecule has 0 saturated heterocycles. The maximum atomic E-state index is 12.6. The summed E-state index contributed by atoms with van der Waals surface area (Å²) in [5.74, 6) is 11.2. The van der Waals surface area contributed by atoms with E-state index in [-0.39, 0.29) is 102 Å². The van der Waals surface area contributed by atoms with Gasteiger partial charge in [0, 0.05) is 130 Å². The third kappa shape index (κ3) is 17.0. The monoisotopic (exact) mass is 1860 g/mol. The number of H-pyrrole nitrogens is 2. The first-order chi connectivity index (χ1) is 66.0. The zero-order valence-corrected chi connectivity index (χ0v) is 73.3. The van der Waals surface area contributed by atoms with Gasteiger partial charge in [-0.25, -0.2) is 29.9 Å². The van der Waals surface area contributed by atoms with E-state index in [4.69, 9.17) is 42.6 Å². The van der Waals surface area contributed by atoms with Gasteiger partial charge in [0.25, 0.3) is 0 Å². The molecule has 4 saturated carbocycles. The van der Waals surface area contributed by atoms with E-state index in [1.54, 1.807) is 67.3 Å². The van der Waals surface area contributed by atoms with E-state index in [0.717, 1.165) is 130 Å². The molecule has 31 heteroatoms. The van der Waals surface area contributed by atoms with Crippen LogP contribution in [-0.4, -0.2) is 128 Å². The number of Topliss-reactive ketones (excluding diaryl/α,β-unsaturated/α-hetero) is 2. The Hall–Kier alpha value is -16.2. The highest BCUT2D eigenvalue weighted by molar-refractivity contribution is 9.09. The number of fused-ring (bicyclic) bond motifs is 16. The van der Waals surface area contributed by atoms with Gasteiger partial charge >= 0.3 is 11.9 Å². The highest BCUT2D eigenvalue weighted by Gasteiger charge is 2.66. The number of carbonyl (C=O) groups is 8. The number of rotatable bonds is 19. The maximum Gasteiger partial charge on any atom is 0.313 e. The molecule has 135 heavy (non-hydrogen) atoms. The van der Waals surface area contributed by atoms with Gasteiger partial charge in [0.15, 0.2) is 18.2 Å². The van der Waals surface area contributed by atoms with E-state index in [9.17, 15) is 43.5 Å². The molecule has 30 nitrogen and oxygen atoms in total. The average Bonchev–Trinajstić information content (AvgIpc) is 1.56. The van der Waals surface area contributed by atoms with E-state index < -0.39 is 23.8 Å². The molecular weight excluding hydrogens is 1790 g/mol. The molecule has 12 aliphatic rings. The summed E-state index contributed by atoms with van der Waals surface area (Å²) in [6.45, 7) is -0.293. The van der Waals surface area contributed by atoms with Crippen molar-refractivity contribution in [3.8, 4) is 91.5 Å². The number of alkyl halides is 1. The van der Waals surface area contributed by atoms with Crippen LogP contribution in [0.5, 0.6) is 69.0 Å². The van der Waals surface area contributed by atoms with Crippen molar-refractivity contribution >= 4 is 86.3 Å². The number of carboxylic acids is 1. The maximum absolute atomic E-state index is 12.6. The fourth-order valence-corrected chi connectivity index (χ4v) is 19.3. The van der Waals surface area contributed by atoms with Crippen LogP contribution in [0.15, 0.2) is 256 Å². The average molecular weight is 1870 g/mol. The van der Waals surface area contributed by atoms with Crippen molar-refractivity contribution in [2.75, 3.05) is 33.2 Å². The number of esters is 1. The molecule has 4 aliphatic carbocycles. The number of nitrogens with zero attached hydrogens (tertiary/aromatic N) is 6. The fraction of sp³-hybridized carbons (Fsp3) is 0.212. The van der Waals surface area contributed by atoms with Gasteiger partial charge in [0.05, 0.1) is 40.9 Å². The number of ketones is 2. The second-order valence-electron chi connectivity index (χ2n) is 34.2. The van der Waals surface area contributed by atoms with Gasteiger partial charge in [-0.2, -0.15) is 0 Å². The van der Waals surface area contributed by atoms with Crippen LogP contribution in [0, 0.1) is 11.8 Å². The second kappa shape index (κ2) is 35.5. The summed E-state index contributed by atoms with van der Waals surface area (Å²) in [5.41, 5.74) is 13.2. The minimum atomic E-state index is -0.828. The van der Waals surface area contributed by atoms with Crippen LogP contribution in [0.4, 0.5) is 23.3 Å². The van der Waals surface area contributed by atoms with E-state index >= 15 is 0 Å². The number of aliphatic carboxylic acids is 1. The molecule has 7 N–H and O–H groups in total. The van der Waals surface area contributed by atoms with Crippen molar-refractivity contribution in [3.63, 3.8) is 0 Å². The molecule has 26 rings (SSSR count). The number of hydrogen-bond acceptors (Lipinski definition) is 23. The zero-order chi connectivity index (χ0) is 91.6. The molecule has 12 unspecified atom stereocenters. The van der Waals surface area contributed by atoms with E-state index in [0.29, 0.717) is 109 Å². The van der Waals surface area contributed by atoms with Crippen LogP contribution in [-0.2, 0) is 59.2 Å². The normalized spacial score (nSPS) is 21.4. The molecule has 8 aliphatic heterocycles. The first kappa shape index (κ1) is 84.4. The quantitative estimate of drug-likeness (QED) is 0.0225. The highest BCUT2D eigenvalue weighted by Crippen LogP contribution is 2.66. The van der Waals surface area contributed by atoms with E-state index in [1.807, 2.05) is 152 Å². The number of ether oxygens (including phenoxy) is 9. The minimum absolute atomic E-state index is 0.0130. The summed E-state index contributed by atoms with van der Waals surface area (Å²) < 4.78 is 53.9. The molecule has 4 fully saturated rings. The Balaban J connectivity index is 0.000000101. The number of amides is 4. The number of hydrogen-bond donors (Lipinski definition) is 7. The van der Waals surface area contributed by atoms with Crippen LogP contribution >= 0.6 is 15.9 Å². The lowest BCUT2D eigenvalue weighted by Crippen LogP contribution is -2.20. The third-order valence-corrected chi connectivity index (χ3v) is 26.3. The number of anilines is 4. The predicted molar refractivity (Wildman–Crippen MR) is 494 cm³/mol. The Morgan fingerprint density at radius 1 is 0.356 bits per heavy atom.